The molecule has 0 atom stereocenters. The molecule has 4 rings (SSSR count). The monoisotopic (exact) mass is 434 g/mol. The molecule has 0 aliphatic rings. The van der Waals surface area contributed by atoms with E-state index in [0.29, 0.717) is 6.54 Å². The fraction of sp³-hybridized carbons (Fsp3) is 0.174. The van der Waals surface area contributed by atoms with Gasteiger partial charge in [0.15, 0.2) is 11.0 Å². The number of para-hydroxylation sites is 1. The van der Waals surface area contributed by atoms with Crippen LogP contribution in [0.5, 0.6) is 5.75 Å². The highest BCUT2D eigenvalue weighted by molar-refractivity contribution is 7.98. The zero-order valence-electron chi connectivity index (χ0n) is 16.7. The second-order valence-electron chi connectivity index (χ2n) is 6.59. The first-order valence-corrected chi connectivity index (χ1v) is 11.4. The maximum Gasteiger partial charge on any atom is 0.192 e. The molecule has 0 N–H and O–H groups in total. The Labute approximate surface area is 184 Å². The van der Waals surface area contributed by atoms with E-state index in [9.17, 15) is 0 Å². The van der Waals surface area contributed by atoms with Gasteiger partial charge in [-0.05, 0) is 17.7 Å². The summed E-state index contributed by atoms with van der Waals surface area (Å²) in [5.74, 6) is 2.29. The summed E-state index contributed by atoms with van der Waals surface area (Å²) < 4.78 is 7.56. The number of hydrogen-bond acceptors (Lipinski definition) is 6. The van der Waals surface area contributed by atoms with E-state index in [0.717, 1.165) is 45.2 Å². The predicted molar refractivity (Wildman–Crippen MR) is 123 cm³/mol. The summed E-state index contributed by atoms with van der Waals surface area (Å²) in [6, 6.07) is 18.3. The molecule has 0 spiro atoms. The first kappa shape index (κ1) is 20.4. The van der Waals surface area contributed by atoms with Crippen LogP contribution in [-0.4, -0.2) is 26.9 Å². The molecular weight excluding hydrogens is 412 g/mol. The van der Waals surface area contributed by atoms with E-state index in [-0.39, 0.29) is 0 Å². The highest BCUT2D eigenvalue weighted by Crippen LogP contribution is 2.32. The summed E-state index contributed by atoms with van der Waals surface area (Å²) in [5.41, 5.74) is 3.25. The molecule has 2 heterocycles. The van der Waals surface area contributed by atoms with Crippen molar-refractivity contribution in [3.05, 3.63) is 88.9 Å². The molecule has 2 aromatic carbocycles. The molecule has 0 fully saturated rings. The van der Waals surface area contributed by atoms with Gasteiger partial charge in [-0.25, -0.2) is 4.98 Å². The molecule has 4 aromatic rings. The third-order valence-corrected chi connectivity index (χ3v) is 6.42. The van der Waals surface area contributed by atoms with Crippen molar-refractivity contribution in [1.29, 1.82) is 0 Å². The fourth-order valence-corrected chi connectivity index (χ4v) is 4.90. The number of methoxy groups -OCH3 is 1. The highest BCUT2D eigenvalue weighted by atomic mass is 32.2. The third kappa shape index (κ3) is 4.63. The summed E-state index contributed by atoms with van der Waals surface area (Å²) >= 11 is 3.33. The van der Waals surface area contributed by atoms with E-state index < -0.39 is 0 Å². The number of ether oxygens (including phenoxy) is 1. The maximum atomic E-state index is 5.50. The Hall–Kier alpha value is -2.90. The number of thioether (sulfide) groups is 1. The molecule has 0 amide bonds. The normalized spacial score (nSPS) is 10.8. The minimum atomic E-state index is 0.624. The van der Waals surface area contributed by atoms with Crippen LogP contribution >= 0.6 is 23.1 Å². The molecule has 2 aromatic heterocycles. The lowest BCUT2D eigenvalue weighted by Gasteiger charge is -2.10. The Morgan fingerprint density at radius 2 is 1.90 bits per heavy atom. The molecule has 0 saturated heterocycles. The van der Waals surface area contributed by atoms with E-state index in [2.05, 4.69) is 51.0 Å². The average Bonchev–Trinajstić information content (AvgIpc) is 3.40. The Balaban J connectivity index is 1.50. The van der Waals surface area contributed by atoms with E-state index in [4.69, 9.17) is 9.72 Å². The van der Waals surface area contributed by atoms with Gasteiger partial charge in [0.05, 0.1) is 23.4 Å². The molecule has 0 unspecified atom stereocenters. The van der Waals surface area contributed by atoms with Gasteiger partial charge in [-0.2, -0.15) is 0 Å². The average molecular weight is 435 g/mol. The van der Waals surface area contributed by atoms with Crippen LogP contribution in [0.4, 0.5) is 0 Å². The second-order valence-corrected chi connectivity index (χ2v) is 8.47. The Bertz CT molecular complexity index is 1120. The van der Waals surface area contributed by atoms with Crippen LogP contribution in [0.2, 0.25) is 0 Å². The lowest BCUT2D eigenvalue weighted by Crippen LogP contribution is -2.02. The van der Waals surface area contributed by atoms with Gasteiger partial charge in [0.25, 0.3) is 0 Å². The van der Waals surface area contributed by atoms with Gasteiger partial charge in [-0.15, -0.1) is 28.1 Å². The van der Waals surface area contributed by atoms with E-state index in [1.54, 1.807) is 30.2 Å². The number of benzene rings is 2. The second kappa shape index (κ2) is 9.73. The Morgan fingerprint density at radius 1 is 1.10 bits per heavy atom. The van der Waals surface area contributed by atoms with Gasteiger partial charge in [-0.1, -0.05) is 60.3 Å². The Morgan fingerprint density at radius 3 is 2.70 bits per heavy atom. The van der Waals surface area contributed by atoms with Crippen LogP contribution in [-0.2, 0) is 18.7 Å². The first-order chi connectivity index (χ1) is 14.8. The van der Waals surface area contributed by atoms with Crippen molar-refractivity contribution in [2.45, 2.75) is 23.9 Å². The lowest BCUT2D eigenvalue weighted by molar-refractivity contribution is 0.416. The van der Waals surface area contributed by atoms with Gasteiger partial charge in [0.1, 0.15) is 5.75 Å². The van der Waals surface area contributed by atoms with Crippen LogP contribution in [0.25, 0.3) is 11.4 Å². The molecule has 0 aliphatic heterocycles. The summed E-state index contributed by atoms with van der Waals surface area (Å²) in [7, 11) is 1.66. The standard InChI is InChI=1S/C23H22N4OS2/c1-3-13-27-22(19-11-7-8-12-20(19)28-2)25-26-23(27)30-16-18-15-29-21(24-18)14-17-9-5-4-6-10-17/h3-12,15H,1,13-14,16H2,2H3. The molecule has 0 radical (unpaired) electrons. The van der Waals surface area contributed by atoms with Crippen molar-refractivity contribution < 1.29 is 4.74 Å². The van der Waals surface area contributed by atoms with Crippen LogP contribution < -0.4 is 4.74 Å². The summed E-state index contributed by atoms with van der Waals surface area (Å²) in [6.45, 7) is 4.51. The molecule has 0 bridgehead atoms. The largest absolute Gasteiger partial charge is 0.496 e. The number of hydrogen-bond donors (Lipinski definition) is 0. The molecular formula is C23H22N4OS2. The van der Waals surface area contributed by atoms with Crippen molar-refractivity contribution in [3.8, 4) is 17.1 Å². The molecule has 0 saturated carbocycles. The molecule has 30 heavy (non-hydrogen) atoms. The van der Waals surface area contributed by atoms with Crippen molar-refractivity contribution in [3.63, 3.8) is 0 Å². The third-order valence-electron chi connectivity index (χ3n) is 4.52. The molecule has 5 nitrogen and oxygen atoms in total. The first-order valence-electron chi connectivity index (χ1n) is 9.56. The summed E-state index contributed by atoms with van der Waals surface area (Å²) in [6.07, 6.45) is 2.72. The topological polar surface area (TPSA) is 52.8 Å². The van der Waals surface area contributed by atoms with Gasteiger partial charge in [-0.3, -0.25) is 4.57 Å². The number of thiazole rings is 1. The minimum absolute atomic E-state index is 0.624. The fourth-order valence-electron chi connectivity index (χ4n) is 3.12. The van der Waals surface area contributed by atoms with Crippen LogP contribution in [0, 0.1) is 0 Å². The van der Waals surface area contributed by atoms with Gasteiger partial charge >= 0.3 is 0 Å². The smallest absolute Gasteiger partial charge is 0.192 e. The van der Waals surface area contributed by atoms with Gasteiger partial charge in [0.2, 0.25) is 0 Å². The number of allylic oxidation sites excluding steroid dienone is 1. The van der Waals surface area contributed by atoms with Crippen LogP contribution in [0.1, 0.15) is 16.3 Å². The van der Waals surface area contributed by atoms with Crippen molar-refractivity contribution in [2.75, 3.05) is 7.11 Å². The summed E-state index contributed by atoms with van der Waals surface area (Å²) in [5, 5.41) is 12.9. The van der Waals surface area contributed by atoms with Crippen molar-refractivity contribution in [1.82, 2.24) is 19.7 Å². The predicted octanol–water partition coefficient (Wildman–Crippen LogP) is 5.48. The number of rotatable bonds is 9. The zero-order valence-corrected chi connectivity index (χ0v) is 18.3. The minimum Gasteiger partial charge on any atom is -0.496 e. The van der Waals surface area contributed by atoms with Crippen LogP contribution in [0.3, 0.4) is 0 Å². The maximum absolute atomic E-state index is 5.50. The van der Waals surface area contributed by atoms with E-state index in [1.807, 2.05) is 36.4 Å². The highest BCUT2D eigenvalue weighted by Gasteiger charge is 2.17. The SMILES string of the molecule is C=CCn1c(SCc2csc(Cc3ccccc3)n2)nnc1-c1ccccc1OC. The summed E-state index contributed by atoms with van der Waals surface area (Å²) in [4.78, 5) is 4.79. The van der Waals surface area contributed by atoms with E-state index >= 15 is 0 Å². The number of aromatic nitrogens is 4. The lowest BCUT2D eigenvalue weighted by atomic mass is 10.2. The number of nitrogens with zero attached hydrogens (tertiary/aromatic N) is 4. The quantitative estimate of drug-likeness (QED) is 0.258. The zero-order chi connectivity index (χ0) is 20.8. The van der Waals surface area contributed by atoms with E-state index in [1.165, 1.54) is 5.56 Å². The molecule has 7 heteroatoms. The Kier molecular flexibility index (Phi) is 6.61. The van der Waals surface area contributed by atoms with Crippen molar-refractivity contribution >= 4 is 23.1 Å². The van der Waals surface area contributed by atoms with Gasteiger partial charge in [0, 0.05) is 24.1 Å². The molecule has 0 aliphatic carbocycles. The molecule has 152 valence electrons. The van der Waals surface area contributed by atoms with Crippen molar-refractivity contribution in [2.24, 2.45) is 0 Å². The van der Waals surface area contributed by atoms with Gasteiger partial charge < -0.3 is 4.74 Å². The van der Waals surface area contributed by atoms with Crippen LogP contribution in [0.15, 0.2) is 77.8 Å².